The molecule has 0 spiro atoms. The van der Waals surface area contributed by atoms with Gasteiger partial charge >= 0.3 is 0 Å². The second-order valence-electron chi connectivity index (χ2n) is 4.07. The first-order valence-electron chi connectivity index (χ1n) is 5.40. The molecule has 0 radical (unpaired) electrons. The highest BCUT2D eigenvalue weighted by Crippen LogP contribution is 2.26. The molecule has 1 unspecified atom stereocenters. The van der Waals surface area contributed by atoms with E-state index in [1.807, 2.05) is 17.8 Å². The first kappa shape index (κ1) is 12.1. The van der Waals surface area contributed by atoms with E-state index in [1.54, 1.807) is 6.07 Å². The van der Waals surface area contributed by atoms with Gasteiger partial charge in [-0.1, -0.05) is 0 Å². The van der Waals surface area contributed by atoms with Gasteiger partial charge in [0.2, 0.25) is 0 Å². The van der Waals surface area contributed by atoms with Crippen molar-refractivity contribution >= 4 is 29.1 Å². The van der Waals surface area contributed by atoms with E-state index in [2.05, 4.69) is 11.8 Å². The molecule has 1 aliphatic rings. The maximum Gasteiger partial charge on any atom is 0.125 e. The van der Waals surface area contributed by atoms with Crippen molar-refractivity contribution in [1.29, 1.82) is 0 Å². The van der Waals surface area contributed by atoms with Crippen LogP contribution in [0.2, 0.25) is 0 Å². The van der Waals surface area contributed by atoms with E-state index < -0.39 is 0 Å². The number of alkyl halides is 1. The molecular weight excluding hydrogens is 245 g/mol. The molecule has 1 fully saturated rings. The summed E-state index contributed by atoms with van der Waals surface area (Å²) < 4.78 is 13.4. The van der Waals surface area contributed by atoms with Gasteiger partial charge in [-0.25, -0.2) is 4.39 Å². The van der Waals surface area contributed by atoms with Crippen LogP contribution in [0.1, 0.15) is 12.5 Å². The Morgan fingerprint density at radius 3 is 3.00 bits per heavy atom. The van der Waals surface area contributed by atoms with Crippen molar-refractivity contribution in [3.63, 3.8) is 0 Å². The standard InChI is InChI=1S/C12H15ClFNS/c1-9-8-16-3-2-15(9)12-5-10(7-13)4-11(14)6-12/h4-6,9H,2-3,7-8H2,1H3. The van der Waals surface area contributed by atoms with Gasteiger partial charge in [0.25, 0.3) is 0 Å². The molecule has 1 aromatic carbocycles. The lowest BCUT2D eigenvalue weighted by atomic mass is 10.1. The number of halogens is 2. The van der Waals surface area contributed by atoms with E-state index in [9.17, 15) is 4.39 Å². The van der Waals surface area contributed by atoms with Crippen LogP contribution >= 0.6 is 23.4 Å². The topological polar surface area (TPSA) is 3.24 Å². The molecule has 1 aliphatic heterocycles. The number of anilines is 1. The first-order valence-corrected chi connectivity index (χ1v) is 7.09. The summed E-state index contributed by atoms with van der Waals surface area (Å²) in [4.78, 5) is 2.26. The zero-order valence-electron chi connectivity index (χ0n) is 9.25. The summed E-state index contributed by atoms with van der Waals surface area (Å²) in [5.41, 5.74) is 1.81. The van der Waals surface area contributed by atoms with Crippen LogP contribution in [-0.2, 0) is 5.88 Å². The maximum atomic E-state index is 13.4. The Balaban J connectivity index is 2.27. The van der Waals surface area contributed by atoms with E-state index in [0.29, 0.717) is 11.9 Å². The number of hydrogen-bond acceptors (Lipinski definition) is 2. The molecule has 4 heteroatoms. The van der Waals surface area contributed by atoms with E-state index in [-0.39, 0.29) is 5.82 Å². The molecule has 1 saturated heterocycles. The summed E-state index contributed by atoms with van der Waals surface area (Å²) in [6, 6.07) is 5.55. The third-order valence-electron chi connectivity index (χ3n) is 2.80. The highest BCUT2D eigenvalue weighted by atomic mass is 35.5. The van der Waals surface area contributed by atoms with Crippen molar-refractivity contribution in [2.24, 2.45) is 0 Å². The Labute approximate surface area is 105 Å². The Hall–Kier alpha value is -0.410. The molecule has 1 nitrogen and oxygen atoms in total. The van der Waals surface area contributed by atoms with Crippen molar-refractivity contribution in [3.05, 3.63) is 29.6 Å². The minimum Gasteiger partial charge on any atom is -0.367 e. The van der Waals surface area contributed by atoms with Crippen molar-refractivity contribution in [2.45, 2.75) is 18.8 Å². The Morgan fingerprint density at radius 1 is 1.50 bits per heavy atom. The normalized spacial score (nSPS) is 21.2. The molecule has 1 heterocycles. The summed E-state index contributed by atoms with van der Waals surface area (Å²) in [6.07, 6.45) is 0. The van der Waals surface area contributed by atoms with Gasteiger partial charge in [0.1, 0.15) is 5.82 Å². The van der Waals surface area contributed by atoms with E-state index >= 15 is 0 Å². The van der Waals surface area contributed by atoms with Gasteiger partial charge in [-0.2, -0.15) is 11.8 Å². The van der Waals surface area contributed by atoms with Gasteiger partial charge in [-0.3, -0.25) is 0 Å². The van der Waals surface area contributed by atoms with Crippen LogP contribution in [0.4, 0.5) is 10.1 Å². The zero-order chi connectivity index (χ0) is 11.5. The Kier molecular flexibility index (Phi) is 3.98. The first-order chi connectivity index (χ1) is 7.70. The number of rotatable bonds is 2. The summed E-state index contributed by atoms with van der Waals surface area (Å²) in [5.74, 6) is 2.38. The van der Waals surface area contributed by atoms with Crippen molar-refractivity contribution in [1.82, 2.24) is 0 Å². The number of hydrogen-bond donors (Lipinski definition) is 0. The lowest BCUT2D eigenvalue weighted by molar-refractivity contribution is 0.622. The Bertz CT molecular complexity index is 372. The predicted octanol–water partition coefficient (Wildman–Crippen LogP) is 3.51. The second-order valence-corrected chi connectivity index (χ2v) is 5.49. The minimum atomic E-state index is -0.196. The molecular formula is C12H15ClFNS. The molecule has 1 atom stereocenters. The lowest BCUT2D eigenvalue weighted by Gasteiger charge is -2.35. The summed E-state index contributed by atoms with van der Waals surface area (Å²) in [6.45, 7) is 3.16. The zero-order valence-corrected chi connectivity index (χ0v) is 10.8. The molecule has 2 rings (SSSR count). The predicted molar refractivity (Wildman–Crippen MR) is 70.1 cm³/mol. The molecule has 0 saturated carbocycles. The van der Waals surface area contributed by atoms with Crippen LogP contribution in [0.15, 0.2) is 18.2 Å². The third kappa shape index (κ3) is 2.64. The highest BCUT2D eigenvalue weighted by Gasteiger charge is 2.19. The maximum absolute atomic E-state index is 13.4. The van der Waals surface area contributed by atoms with Crippen LogP contribution in [0.5, 0.6) is 0 Å². The lowest BCUT2D eigenvalue weighted by Crippen LogP contribution is -2.40. The van der Waals surface area contributed by atoms with Crippen LogP contribution in [-0.4, -0.2) is 24.1 Å². The molecule has 16 heavy (non-hydrogen) atoms. The molecule has 0 aromatic heterocycles. The van der Waals surface area contributed by atoms with E-state index in [1.165, 1.54) is 6.07 Å². The largest absolute Gasteiger partial charge is 0.367 e. The van der Waals surface area contributed by atoms with Crippen LogP contribution in [0, 0.1) is 5.82 Å². The average Bonchev–Trinajstić information content (AvgIpc) is 2.28. The Morgan fingerprint density at radius 2 is 2.31 bits per heavy atom. The SMILES string of the molecule is CC1CSCCN1c1cc(F)cc(CCl)c1. The molecule has 0 aliphatic carbocycles. The van der Waals surface area contributed by atoms with Gasteiger partial charge < -0.3 is 4.90 Å². The van der Waals surface area contributed by atoms with Gasteiger partial charge in [0, 0.05) is 35.7 Å². The fraction of sp³-hybridized carbons (Fsp3) is 0.500. The van der Waals surface area contributed by atoms with E-state index in [4.69, 9.17) is 11.6 Å². The quantitative estimate of drug-likeness (QED) is 0.748. The fourth-order valence-corrected chi connectivity index (χ4v) is 3.15. The molecule has 1 aromatic rings. The van der Waals surface area contributed by atoms with Gasteiger partial charge in [-0.05, 0) is 30.7 Å². The van der Waals surface area contributed by atoms with Crippen molar-refractivity contribution in [3.8, 4) is 0 Å². The minimum absolute atomic E-state index is 0.196. The third-order valence-corrected chi connectivity index (χ3v) is 4.29. The molecule has 0 N–H and O–H groups in total. The van der Waals surface area contributed by atoms with Gasteiger partial charge in [0.05, 0.1) is 0 Å². The van der Waals surface area contributed by atoms with Crippen LogP contribution in [0.3, 0.4) is 0 Å². The molecule has 0 amide bonds. The second kappa shape index (κ2) is 5.28. The fourth-order valence-electron chi connectivity index (χ4n) is 1.99. The molecule has 0 bridgehead atoms. The van der Waals surface area contributed by atoms with Crippen LogP contribution < -0.4 is 4.90 Å². The monoisotopic (exact) mass is 259 g/mol. The number of thioether (sulfide) groups is 1. The van der Waals surface area contributed by atoms with E-state index in [0.717, 1.165) is 29.3 Å². The highest BCUT2D eigenvalue weighted by molar-refractivity contribution is 7.99. The van der Waals surface area contributed by atoms with Crippen LogP contribution in [0.25, 0.3) is 0 Å². The van der Waals surface area contributed by atoms with Gasteiger partial charge in [-0.15, -0.1) is 11.6 Å². The summed E-state index contributed by atoms with van der Waals surface area (Å²) in [7, 11) is 0. The number of benzene rings is 1. The average molecular weight is 260 g/mol. The number of nitrogens with zero attached hydrogens (tertiary/aromatic N) is 1. The summed E-state index contributed by atoms with van der Waals surface area (Å²) >= 11 is 7.71. The summed E-state index contributed by atoms with van der Waals surface area (Å²) in [5, 5.41) is 0. The smallest absolute Gasteiger partial charge is 0.125 e. The molecule has 88 valence electrons. The van der Waals surface area contributed by atoms with Crippen molar-refractivity contribution in [2.75, 3.05) is 23.0 Å². The van der Waals surface area contributed by atoms with Crippen molar-refractivity contribution < 1.29 is 4.39 Å². The van der Waals surface area contributed by atoms with Gasteiger partial charge in [0.15, 0.2) is 0 Å².